The van der Waals surface area contributed by atoms with Gasteiger partial charge in [0.15, 0.2) is 0 Å². The number of aliphatic hydroxyl groups is 1. The second kappa shape index (κ2) is 57.6. The van der Waals surface area contributed by atoms with Crippen LogP contribution in [0, 0.1) is 11.8 Å². The van der Waals surface area contributed by atoms with Crippen molar-refractivity contribution in [1.82, 2.24) is 137 Å². The summed E-state index contributed by atoms with van der Waals surface area (Å²) in [7, 11) is 0. The van der Waals surface area contributed by atoms with E-state index in [4.69, 9.17) is 5.73 Å². The lowest BCUT2D eigenvalue weighted by Gasteiger charge is -2.33. The van der Waals surface area contributed by atoms with Crippen molar-refractivity contribution in [2.75, 3.05) is 91.0 Å². The van der Waals surface area contributed by atoms with Crippen LogP contribution in [-0.4, -0.2) is 388 Å². The number of carboxylic acids is 2. The monoisotopic (exact) mass is 2190 g/mol. The van der Waals surface area contributed by atoms with E-state index in [0.29, 0.717) is 46.4 Å². The van der Waals surface area contributed by atoms with Crippen LogP contribution in [0.15, 0.2) is 67.0 Å². The largest absolute Gasteiger partial charge is 0.481 e. The number of nitrogens with two attached hydrogens (primary N) is 1. The Morgan fingerprint density at radius 3 is 1.71 bits per heavy atom. The summed E-state index contributed by atoms with van der Waals surface area (Å²) in [6, 6.07) is -22.7. The molecular formula is C90H125N27O28S5. The number of rotatable bonds is 22. The van der Waals surface area contributed by atoms with Gasteiger partial charge in [0.05, 0.1) is 56.9 Å². The second-order valence-electron chi connectivity index (χ2n) is 36.1. The maximum Gasteiger partial charge on any atom is 0.327 e. The van der Waals surface area contributed by atoms with Crippen LogP contribution < -0.4 is 123 Å². The zero-order valence-electron chi connectivity index (χ0n) is 82.6. The Bertz CT molecular complexity index is 5600. The van der Waals surface area contributed by atoms with Crippen LogP contribution in [-0.2, 0) is 133 Å². The number of hydrogen-bond acceptors (Lipinski definition) is 33. The predicted octanol–water partition coefficient (Wildman–Crippen LogP) is -11.3. The molecule has 1 aromatic carbocycles. The van der Waals surface area contributed by atoms with Crippen LogP contribution in [0.25, 0.3) is 10.9 Å². The van der Waals surface area contributed by atoms with Gasteiger partial charge >= 0.3 is 11.9 Å². The summed E-state index contributed by atoms with van der Waals surface area (Å²) in [4.78, 5) is 369. The molecular weight excluding hydrogens is 2070 g/mol. The first-order valence-electron chi connectivity index (χ1n) is 47.7. The highest BCUT2D eigenvalue weighted by Gasteiger charge is 2.46. The number of carbonyl (C=O) groups excluding carboxylic acids is 23. The molecule has 2 aromatic heterocycles. The molecule has 29 N–H and O–H groups in total. The van der Waals surface area contributed by atoms with Crippen molar-refractivity contribution < 1.29 is 135 Å². The molecule has 150 heavy (non-hydrogen) atoms. The Kier molecular flexibility index (Phi) is 45.8. The summed E-state index contributed by atoms with van der Waals surface area (Å²) in [6.45, 7) is 9.35. The maximum atomic E-state index is 15.7. The standard InChI is InChI=1S/C90H125N27O28S5/c1-9-40(5)68(91)86(140)104-47(10-2)75(129)108-57-34-148-35-58(110-76(130)50(20-44-22-93-48-15-12-11-14-46(44)48)106-72(126)41(6)100-87(141)69(39(3)4)114-82(57)136)83(137)116-71-43(8)150-37-59(103-66(123)28-98-85(139)61-16-13-19-117(61)89(71)143)84(138)115-70(42(7)118)88(142)112-56-33-147-30-53-78(132)111-54-32-149-36-60(90(144)145)113-81(135)55(109-77(131)51(107-80(54)134)21-45-23-92-38-99-45)31-146-29-52(74(128)97-27-65(122)102-53)101-64(121)26-95-62(119)24-94-63(120)25-96-73(127)49(105-79(56)133)17-18-67(124)125/h10-12,14-15,22-23,38-40,42-43,49-61,68-71,93,118H,6,9,13,16-21,24-37,91H2,1-5,7-8H3,(H,92,99)(H,94,120)(H,95,119)(H,96,127)(H,97,128)(H,98,139)(H,100,141)(H,101,121)(H,102,122)(H,103,123)(H,104,140)(H,105,133)(H,106,126)(H,107,134)(H,108,129)(H,109,131)(H,110,130)(H,111,132)(H,112,142)(H,113,135)(H,114,136)(H,115,138)(H,116,137)(H,124,125)(H,144,145). The molecule has 6 saturated heterocycles. The van der Waals surface area contributed by atoms with E-state index in [1.54, 1.807) is 58.2 Å². The number of amides is 23. The van der Waals surface area contributed by atoms with E-state index in [0.717, 1.165) is 47.1 Å². The van der Waals surface area contributed by atoms with Crippen LogP contribution in [0.1, 0.15) is 91.8 Å². The molecule has 6 aliphatic rings. The SMILES string of the molecule is C=C1NC(=O)C(C(C)C)NC(=O)C(NC(=O)C(=CC)NC(=O)C(N)C(C)CC)CSCC(C(=O)NC2C(=O)N3CCCC3C(=O)NCC(=O)NC(C(=O)NC(C(=O)NC3CSCC4NC(=O)CNC(=O)C(CSCC5NC(=O)C(Cc6cnc[nH]6)NC(=O)C(CSCC(C(=O)O)NC5=O)NC4=O)NC(=O)CNC(=O)CNC(=O)CNC(=O)C(CCC(=O)O)NC3=O)C(C)O)CSC2C)NC(=O)C(Cc2c[nH]c3ccccc23)NC1=O. The Balaban J connectivity index is 1.05. The number of aliphatic hydroxyl groups excluding tert-OH is 1. The zero-order valence-corrected chi connectivity index (χ0v) is 86.6. The molecule has 6 fully saturated rings. The van der Waals surface area contributed by atoms with Gasteiger partial charge in [-0.15, -0.1) is 0 Å². The van der Waals surface area contributed by atoms with E-state index in [-0.39, 0.29) is 49.5 Å². The third-order valence-corrected chi connectivity index (χ3v) is 30.3. The highest BCUT2D eigenvalue weighted by atomic mass is 32.2. The third-order valence-electron chi connectivity index (χ3n) is 24.4. The third kappa shape index (κ3) is 35.5. The molecule has 0 radical (unpaired) electrons. The fourth-order valence-corrected chi connectivity index (χ4v) is 21.0. The molecule has 0 spiro atoms. The number of carbonyl (C=O) groups is 25. The Labute approximate surface area is 878 Å². The molecule has 6 aliphatic heterocycles. The first kappa shape index (κ1) is 119. The van der Waals surface area contributed by atoms with Crippen molar-refractivity contribution in [3.8, 4) is 0 Å². The molecule has 60 heteroatoms. The van der Waals surface area contributed by atoms with Crippen molar-refractivity contribution in [2.24, 2.45) is 17.6 Å². The minimum absolute atomic E-state index is 0.000300. The Morgan fingerprint density at radius 2 is 1.08 bits per heavy atom. The van der Waals surface area contributed by atoms with E-state index in [1.807, 2.05) is 0 Å². The van der Waals surface area contributed by atoms with Crippen molar-refractivity contribution in [3.63, 3.8) is 0 Å². The first-order valence-corrected chi connectivity index (χ1v) is 53.4. The van der Waals surface area contributed by atoms with Crippen molar-refractivity contribution in [2.45, 2.75) is 207 Å². The fourth-order valence-electron chi connectivity index (χ4n) is 15.6. The second-order valence-corrected chi connectivity index (χ2v) is 41.8. The van der Waals surface area contributed by atoms with Gasteiger partial charge in [0, 0.05) is 112 Å². The van der Waals surface area contributed by atoms with E-state index in [2.05, 4.69) is 139 Å². The normalized spacial score (nSPS) is 26.7. The number of nitrogens with zero attached hydrogens (tertiary/aromatic N) is 2. The number of aromatic nitrogens is 3. The quantitative estimate of drug-likeness (QED) is 0.0415. The van der Waals surface area contributed by atoms with Gasteiger partial charge in [0.2, 0.25) is 124 Å². The number of hydrogen-bond donors (Lipinski definition) is 28. The fraction of sp³-hybridized carbons (Fsp3) is 0.556. The van der Waals surface area contributed by atoms with E-state index < -0.39 is 371 Å². The molecule has 8 heterocycles. The summed E-state index contributed by atoms with van der Waals surface area (Å²) in [5.74, 6) is -35.1. The van der Waals surface area contributed by atoms with Crippen LogP contribution in [0.3, 0.4) is 0 Å². The number of carboxylic acid groups (broad SMARTS) is 2. The minimum atomic E-state index is -2.25. The Hall–Kier alpha value is -14.1. The number of H-pyrrole nitrogens is 2. The summed E-state index contributed by atoms with van der Waals surface area (Å²) in [5, 5.41) is 84.7. The molecule has 0 aliphatic carbocycles. The number of thioether (sulfide) groups is 5. The van der Waals surface area contributed by atoms with Crippen LogP contribution in [0.5, 0.6) is 0 Å². The predicted molar refractivity (Wildman–Crippen MR) is 542 cm³/mol. The molecule has 23 amide bonds. The molecule has 818 valence electrons. The van der Waals surface area contributed by atoms with E-state index >= 15 is 33.6 Å². The van der Waals surface area contributed by atoms with Gasteiger partial charge in [-0.2, -0.15) is 58.8 Å². The number of fused-ring (bicyclic) bond motifs is 14. The van der Waals surface area contributed by atoms with Gasteiger partial charge in [-0.1, -0.05) is 71.9 Å². The lowest BCUT2D eigenvalue weighted by molar-refractivity contribution is -0.142. The molecule has 3 aromatic rings. The molecule has 4 bridgehead atoms. The Morgan fingerprint density at radius 1 is 0.547 bits per heavy atom. The van der Waals surface area contributed by atoms with Gasteiger partial charge < -0.3 is 153 Å². The van der Waals surface area contributed by atoms with Crippen molar-refractivity contribution in [1.29, 1.82) is 0 Å². The number of benzene rings is 1. The summed E-state index contributed by atoms with van der Waals surface area (Å²) in [6.07, 6.45) is 1.62. The van der Waals surface area contributed by atoms with Gasteiger partial charge in [-0.05, 0) is 56.6 Å². The molecule has 20 atom stereocenters. The highest BCUT2D eigenvalue weighted by Crippen LogP contribution is 2.27. The smallest absolute Gasteiger partial charge is 0.327 e. The first-order chi connectivity index (χ1) is 71.2. The summed E-state index contributed by atoms with van der Waals surface area (Å²) >= 11 is 3.45. The van der Waals surface area contributed by atoms with Crippen LogP contribution >= 0.6 is 58.8 Å². The number of aromatic amines is 2. The minimum Gasteiger partial charge on any atom is -0.481 e. The van der Waals surface area contributed by atoms with Gasteiger partial charge in [0.25, 0.3) is 11.8 Å². The number of imidazole rings is 1. The van der Waals surface area contributed by atoms with E-state index in [1.165, 1.54) is 32.4 Å². The molecule has 9 rings (SSSR count). The van der Waals surface area contributed by atoms with Gasteiger partial charge in [-0.3, -0.25) is 115 Å². The van der Waals surface area contributed by atoms with E-state index in [9.17, 15) is 102 Å². The maximum absolute atomic E-state index is 15.7. The van der Waals surface area contributed by atoms with Crippen LogP contribution in [0.4, 0.5) is 0 Å². The number of allylic oxidation sites excluding steroid dienone is 1. The summed E-state index contributed by atoms with van der Waals surface area (Å²) in [5.41, 5.74) is 6.57. The van der Waals surface area contributed by atoms with Crippen molar-refractivity contribution >= 4 is 218 Å². The number of para-hydroxylation sites is 1. The van der Waals surface area contributed by atoms with Gasteiger partial charge in [-0.25, -0.2) is 9.78 Å². The molecule has 20 unspecified atom stereocenters. The number of aliphatic carboxylic acids is 2. The van der Waals surface area contributed by atoms with Crippen molar-refractivity contribution in [3.05, 3.63) is 78.3 Å². The summed E-state index contributed by atoms with van der Waals surface area (Å²) < 4.78 is 0. The average Bonchev–Trinajstić information content (AvgIpc) is 1.64. The molecule has 0 saturated carbocycles. The lowest BCUT2D eigenvalue weighted by Crippen LogP contribution is -2.62. The number of nitrogens with one attached hydrogen (secondary N) is 24. The zero-order chi connectivity index (χ0) is 110. The molecule has 55 nitrogen and oxygen atoms in total. The van der Waals surface area contributed by atoms with Gasteiger partial charge in [0.1, 0.15) is 102 Å². The average molecular weight is 2190 g/mol. The lowest BCUT2D eigenvalue weighted by atomic mass is 9.99. The highest BCUT2D eigenvalue weighted by molar-refractivity contribution is 8.00. The van der Waals surface area contributed by atoms with Crippen LogP contribution in [0.2, 0.25) is 0 Å². The topological polar surface area (TPSA) is 826 Å².